The van der Waals surface area contributed by atoms with Crippen LogP contribution in [0.2, 0.25) is 0 Å². The van der Waals surface area contributed by atoms with Crippen molar-refractivity contribution in [3.05, 3.63) is 127 Å². The summed E-state index contributed by atoms with van der Waals surface area (Å²) in [6, 6.07) is 36.6. The van der Waals surface area contributed by atoms with Crippen LogP contribution < -0.4 is 0 Å². The molecule has 5 heteroatoms. The van der Waals surface area contributed by atoms with Gasteiger partial charge in [0, 0.05) is 43.8 Å². The molecule has 1 aliphatic heterocycles. The van der Waals surface area contributed by atoms with Crippen molar-refractivity contribution in [2.45, 2.75) is 13.5 Å². The van der Waals surface area contributed by atoms with Crippen molar-refractivity contribution in [3.8, 4) is 22.6 Å². The third kappa shape index (κ3) is 4.40. The van der Waals surface area contributed by atoms with E-state index < -0.39 is 0 Å². The van der Waals surface area contributed by atoms with Crippen LogP contribution in [-0.4, -0.2) is 14.5 Å². The summed E-state index contributed by atoms with van der Waals surface area (Å²) in [5, 5.41) is 2.23. The van der Waals surface area contributed by atoms with Crippen molar-refractivity contribution in [3.63, 3.8) is 0 Å². The third-order valence-electron chi connectivity index (χ3n) is 6.95. The molecule has 0 amide bonds. The minimum absolute atomic E-state index is 0. The van der Waals surface area contributed by atoms with E-state index in [0.29, 0.717) is 0 Å². The fraction of sp³-hybridized carbons (Fsp3) is 0.0588. The number of aryl methyl sites for hydroxylation is 1. The summed E-state index contributed by atoms with van der Waals surface area (Å²) < 4.78 is 8.25. The van der Waals surface area contributed by atoms with Crippen LogP contribution in [0.1, 0.15) is 11.1 Å². The molecule has 1 aliphatic rings. The first-order valence-electron chi connectivity index (χ1n) is 12.6. The van der Waals surface area contributed by atoms with Gasteiger partial charge < -0.3 is 14.0 Å². The number of hydrogen-bond acceptors (Lipinski definition) is 3. The molecule has 0 bridgehead atoms. The molecular weight excluding hydrogens is 659 g/mol. The van der Waals surface area contributed by atoms with Gasteiger partial charge in [-0.3, -0.25) is 4.98 Å². The van der Waals surface area contributed by atoms with Gasteiger partial charge in [-0.2, -0.15) is 0 Å². The van der Waals surface area contributed by atoms with E-state index in [1.54, 1.807) is 6.20 Å². The molecule has 191 valence electrons. The summed E-state index contributed by atoms with van der Waals surface area (Å²) in [7, 11) is 0. The third-order valence-corrected chi connectivity index (χ3v) is 6.95. The standard InChI is InChI=1S/C17H13N2.C17H10NO.Ir/c1-12-9-10-15-16-14(12)8-5-11-19(16)17(18-15)13-6-3-2-4-7-13;1-2-10-16-12(6-1)13-7-5-8-14(17(13)19-16)15-9-3-4-11-18-15;/h2-6,8-10H,11H2,1H3;1-7,9-11H;/q2*-1;. The Balaban J connectivity index is 0.000000138. The molecule has 0 aliphatic carbocycles. The Hall–Kier alpha value is -4.31. The second-order valence-corrected chi connectivity index (χ2v) is 9.30. The Labute approximate surface area is 240 Å². The SMILES string of the molecule is Cc1ccc2nc(-c3[c-]cccc3)n3c2c1C=CC3.[Ir].[c-]1ccc2c(oc3ccccc32)c1-c1ccccn1. The molecule has 0 spiro atoms. The van der Waals surface area contributed by atoms with Gasteiger partial charge in [-0.15, -0.1) is 54.1 Å². The maximum Gasteiger partial charge on any atom is 0.120 e. The Kier molecular flexibility index (Phi) is 6.70. The second-order valence-electron chi connectivity index (χ2n) is 9.30. The fourth-order valence-electron chi connectivity index (χ4n) is 5.15. The maximum atomic E-state index is 5.97. The number of hydrogen-bond donors (Lipinski definition) is 0. The number of rotatable bonds is 2. The molecule has 0 unspecified atom stereocenters. The van der Waals surface area contributed by atoms with Gasteiger partial charge >= 0.3 is 0 Å². The van der Waals surface area contributed by atoms with E-state index in [-0.39, 0.29) is 20.1 Å². The molecule has 4 aromatic carbocycles. The van der Waals surface area contributed by atoms with Gasteiger partial charge in [0.15, 0.2) is 0 Å². The van der Waals surface area contributed by atoms with E-state index >= 15 is 0 Å². The number of imidazole rings is 1. The summed E-state index contributed by atoms with van der Waals surface area (Å²) in [5.74, 6) is 1.01. The van der Waals surface area contributed by atoms with E-state index in [4.69, 9.17) is 9.40 Å². The van der Waals surface area contributed by atoms with E-state index in [1.165, 1.54) is 16.6 Å². The average Bonchev–Trinajstić information content (AvgIpc) is 3.56. The number of aromatic nitrogens is 3. The van der Waals surface area contributed by atoms with Crippen molar-refractivity contribution in [1.82, 2.24) is 14.5 Å². The number of benzene rings is 4. The Bertz CT molecular complexity index is 1950. The molecule has 0 N–H and O–H groups in total. The van der Waals surface area contributed by atoms with Crippen LogP contribution in [0.25, 0.3) is 61.7 Å². The van der Waals surface area contributed by atoms with Crippen LogP contribution in [0.4, 0.5) is 0 Å². The largest absolute Gasteiger partial charge is 0.501 e. The van der Waals surface area contributed by atoms with Crippen molar-refractivity contribution in [2.75, 3.05) is 0 Å². The molecule has 3 aromatic heterocycles. The van der Waals surface area contributed by atoms with E-state index in [1.807, 2.05) is 66.7 Å². The zero-order valence-corrected chi connectivity index (χ0v) is 23.6. The molecule has 0 saturated heterocycles. The predicted molar refractivity (Wildman–Crippen MR) is 154 cm³/mol. The van der Waals surface area contributed by atoms with E-state index in [0.717, 1.165) is 56.6 Å². The molecule has 1 radical (unpaired) electrons. The molecular formula is C34H23IrN3O-2. The van der Waals surface area contributed by atoms with Gasteiger partial charge in [0.05, 0.1) is 22.4 Å². The van der Waals surface area contributed by atoms with Crippen LogP contribution in [0, 0.1) is 19.1 Å². The number of furan rings is 1. The molecule has 7 aromatic rings. The van der Waals surface area contributed by atoms with Crippen molar-refractivity contribution >= 4 is 39.0 Å². The summed E-state index contributed by atoms with van der Waals surface area (Å²) in [4.78, 5) is 9.17. The number of allylic oxidation sites excluding steroid dienone is 1. The summed E-state index contributed by atoms with van der Waals surface area (Å²) >= 11 is 0. The Morgan fingerprint density at radius 2 is 1.72 bits per heavy atom. The first kappa shape index (κ1) is 25.0. The normalized spacial score (nSPS) is 11.8. The Morgan fingerprint density at radius 3 is 2.56 bits per heavy atom. The van der Waals surface area contributed by atoms with Crippen molar-refractivity contribution in [2.24, 2.45) is 0 Å². The van der Waals surface area contributed by atoms with Crippen molar-refractivity contribution in [1.29, 1.82) is 0 Å². The topological polar surface area (TPSA) is 43.9 Å². The van der Waals surface area contributed by atoms with Crippen LogP contribution in [0.15, 0.2) is 108 Å². The quantitative estimate of drug-likeness (QED) is 0.173. The molecule has 0 atom stereocenters. The van der Waals surface area contributed by atoms with Gasteiger partial charge in [-0.25, -0.2) is 0 Å². The molecule has 8 rings (SSSR count). The van der Waals surface area contributed by atoms with Crippen molar-refractivity contribution < 1.29 is 24.5 Å². The minimum atomic E-state index is 0. The molecule has 0 fully saturated rings. The van der Waals surface area contributed by atoms with E-state index in [9.17, 15) is 0 Å². The van der Waals surface area contributed by atoms with Gasteiger partial charge in [0.25, 0.3) is 0 Å². The van der Waals surface area contributed by atoms with Gasteiger partial charge in [-0.1, -0.05) is 59.5 Å². The van der Waals surface area contributed by atoms with Gasteiger partial charge in [0.2, 0.25) is 0 Å². The van der Waals surface area contributed by atoms with Gasteiger partial charge in [-0.05, 0) is 36.4 Å². The first-order valence-corrected chi connectivity index (χ1v) is 12.6. The van der Waals surface area contributed by atoms with Crippen LogP contribution in [-0.2, 0) is 26.7 Å². The smallest absolute Gasteiger partial charge is 0.120 e. The number of nitrogens with zero attached hydrogens (tertiary/aromatic N) is 3. The molecule has 39 heavy (non-hydrogen) atoms. The maximum absolute atomic E-state index is 5.97. The zero-order valence-electron chi connectivity index (χ0n) is 21.2. The number of pyridine rings is 1. The molecule has 4 nitrogen and oxygen atoms in total. The summed E-state index contributed by atoms with van der Waals surface area (Å²) in [6.07, 6.45) is 6.19. The number of fused-ring (bicyclic) bond motifs is 3. The predicted octanol–water partition coefficient (Wildman–Crippen LogP) is 8.28. The molecule has 0 saturated carbocycles. The zero-order chi connectivity index (χ0) is 25.5. The van der Waals surface area contributed by atoms with E-state index in [2.05, 4.69) is 65.0 Å². The average molecular weight is 682 g/mol. The number of para-hydroxylation sites is 1. The summed E-state index contributed by atoms with van der Waals surface area (Å²) in [6.45, 7) is 3.03. The monoisotopic (exact) mass is 682 g/mol. The summed E-state index contributed by atoms with van der Waals surface area (Å²) in [5.41, 5.74) is 9.49. The van der Waals surface area contributed by atoms with Gasteiger partial charge in [0.1, 0.15) is 5.58 Å². The second kappa shape index (κ2) is 10.5. The van der Waals surface area contributed by atoms with Crippen LogP contribution >= 0.6 is 0 Å². The molecule has 4 heterocycles. The minimum Gasteiger partial charge on any atom is -0.501 e. The Morgan fingerprint density at radius 1 is 0.846 bits per heavy atom. The van der Waals surface area contributed by atoms with Crippen LogP contribution in [0.3, 0.4) is 0 Å². The fourth-order valence-corrected chi connectivity index (χ4v) is 5.15. The first-order chi connectivity index (χ1) is 18.8. The van der Waals surface area contributed by atoms with Crippen LogP contribution in [0.5, 0.6) is 0 Å².